The van der Waals surface area contributed by atoms with Crippen LogP contribution >= 0.6 is 15.9 Å². The van der Waals surface area contributed by atoms with E-state index < -0.39 is 5.92 Å². The van der Waals surface area contributed by atoms with E-state index in [1.807, 2.05) is 0 Å². The number of halogens is 2. The lowest BCUT2D eigenvalue weighted by molar-refractivity contribution is -0.116. The number of carbonyl (C=O) groups is 1. The van der Waals surface area contributed by atoms with Crippen LogP contribution in [-0.2, 0) is 4.79 Å². The van der Waals surface area contributed by atoms with E-state index in [4.69, 9.17) is 0 Å². The molecule has 0 radical (unpaired) electrons. The first-order valence-electron chi connectivity index (χ1n) is 7.84. The molecule has 3 aromatic rings. The molecule has 132 valence electrons. The molecule has 4 rings (SSSR count). The molecule has 26 heavy (non-hydrogen) atoms. The average Bonchev–Trinajstić information content (AvgIpc) is 2.94. The van der Waals surface area contributed by atoms with E-state index >= 15 is 0 Å². The number of aromatic amines is 1. The first kappa shape index (κ1) is 16.6. The number of nitrogens with one attached hydrogen (secondary N) is 2. The summed E-state index contributed by atoms with van der Waals surface area (Å²) in [5, 5.41) is 13.5. The molecular weight excluding hydrogens is 405 g/mol. The highest BCUT2D eigenvalue weighted by Crippen LogP contribution is 2.41. The van der Waals surface area contributed by atoms with Gasteiger partial charge in [-0.05, 0) is 36.8 Å². The summed E-state index contributed by atoms with van der Waals surface area (Å²) in [6, 6.07) is 7.48. The van der Waals surface area contributed by atoms with Gasteiger partial charge in [0.2, 0.25) is 5.91 Å². The van der Waals surface area contributed by atoms with Gasteiger partial charge < -0.3 is 5.32 Å². The quantitative estimate of drug-likeness (QED) is 0.670. The third kappa shape index (κ3) is 2.74. The van der Waals surface area contributed by atoms with Crippen LogP contribution in [0.3, 0.4) is 0 Å². The van der Waals surface area contributed by atoms with Crippen molar-refractivity contribution in [2.75, 3.05) is 5.32 Å². The lowest BCUT2D eigenvalue weighted by atomic mass is 9.85. The third-order valence-corrected chi connectivity index (χ3v) is 4.81. The van der Waals surface area contributed by atoms with Gasteiger partial charge in [-0.2, -0.15) is 14.9 Å². The number of H-pyrrole nitrogens is 1. The van der Waals surface area contributed by atoms with Crippen LogP contribution in [0.5, 0.6) is 0 Å². The SMILES string of the molecule is Cc1nn(-c2ccc(=O)[nH]n2)c2c1[C@@H](c1cc(Br)ccc1F)CC(=O)N2. The summed E-state index contributed by atoms with van der Waals surface area (Å²) in [7, 11) is 0. The van der Waals surface area contributed by atoms with Gasteiger partial charge in [0, 0.05) is 28.4 Å². The van der Waals surface area contributed by atoms with Gasteiger partial charge in [-0.1, -0.05) is 15.9 Å². The summed E-state index contributed by atoms with van der Waals surface area (Å²) in [5.74, 6) is -0.305. The molecule has 1 aromatic carbocycles. The monoisotopic (exact) mass is 417 g/mol. The molecule has 3 heterocycles. The Morgan fingerprint density at radius 2 is 2.08 bits per heavy atom. The van der Waals surface area contributed by atoms with Gasteiger partial charge in [-0.3, -0.25) is 9.59 Å². The number of amides is 1. The van der Waals surface area contributed by atoms with Crippen LogP contribution < -0.4 is 10.9 Å². The van der Waals surface area contributed by atoms with Crippen molar-refractivity contribution in [3.8, 4) is 5.82 Å². The van der Waals surface area contributed by atoms with E-state index in [-0.39, 0.29) is 23.7 Å². The molecule has 1 atom stereocenters. The minimum Gasteiger partial charge on any atom is -0.310 e. The van der Waals surface area contributed by atoms with Crippen molar-refractivity contribution >= 4 is 27.7 Å². The van der Waals surface area contributed by atoms with Crippen molar-refractivity contribution < 1.29 is 9.18 Å². The maximum atomic E-state index is 14.4. The van der Waals surface area contributed by atoms with Gasteiger partial charge in [0.05, 0.1) is 5.69 Å². The lowest BCUT2D eigenvalue weighted by Crippen LogP contribution is -2.25. The molecule has 1 aliphatic heterocycles. The topological polar surface area (TPSA) is 92.7 Å². The van der Waals surface area contributed by atoms with Gasteiger partial charge in [0.25, 0.3) is 5.56 Å². The number of aryl methyl sites for hydroxylation is 1. The lowest BCUT2D eigenvalue weighted by Gasteiger charge is -2.24. The Kier molecular flexibility index (Phi) is 3.95. The van der Waals surface area contributed by atoms with Crippen LogP contribution in [0, 0.1) is 12.7 Å². The smallest absolute Gasteiger partial charge is 0.264 e. The number of hydrogen-bond donors (Lipinski definition) is 2. The van der Waals surface area contributed by atoms with E-state index in [2.05, 4.69) is 36.5 Å². The van der Waals surface area contributed by atoms with Gasteiger partial charge in [0.1, 0.15) is 11.6 Å². The number of benzene rings is 1. The minimum absolute atomic E-state index is 0.117. The number of rotatable bonds is 2. The largest absolute Gasteiger partial charge is 0.310 e. The second-order valence-electron chi connectivity index (χ2n) is 6.01. The van der Waals surface area contributed by atoms with Crippen LogP contribution in [0.25, 0.3) is 5.82 Å². The number of carbonyl (C=O) groups excluding carboxylic acids is 1. The summed E-state index contributed by atoms with van der Waals surface area (Å²) in [6.45, 7) is 1.79. The average molecular weight is 418 g/mol. The number of nitrogens with zero attached hydrogens (tertiary/aromatic N) is 3. The van der Waals surface area contributed by atoms with Crippen molar-refractivity contribution in [3.05, 3.63) is 67.8 Å². The highest BCUT2D eigenvalue weighted by molar-refractivity contribution is 9.10. The molecule has 7 nitrogen and oxygen atoms in total. The fourth-order valence-electron chi connectivity index (χ4n) is 3.22. The Morgan fingerprint density at radius 3 is 2.81 bits per heavy atom. The predicted octanol–water partition coefficient (Wildman–Crippen LogP) is 2.64. The molecule has 0 aliphatic carbocycles. The molecule has 1 amide bonds. The Bertz CT molecular complexity index is 1070. The third-order valence-electron chi connectivity index (χ3n) is 4.32. The van der Waals surface area contributed by atoms with E-state index in [0.29, 0.717) is 22.9 Å². The number of anilines is 1. The van der Waals surface area contributed by atoms with Crippen LogP contribution in [0.2, 0.25) is 0 Å². The van der Waals surface area contributed by atoms with Crippen LogP contribution in [0.15, 0.2) is 39.6 Å². The van der Waals surface area contributed by atoms with Crippen molar-refractivity contribution in [2.24, 2.45) is 0 Å². The van der Waals surface area contributed by atoms with E-state index in [1.54, 1.807) is 19.1 Å². The molecule has 2 aromatic heterocycles. The summed E-state index contributed by atoms with van der Waals surface area (Å²) < 4.78 is 16.6. The van der Waals surface area contributed by atoms with Crippen molar-refractivity contribution in [3.63, 3.8) is 0 Å². The van der Waals surface area contributed by atoms with Gasteiger partial charge in [-0.15, -0.1) is 0 Å². The van der Waals surface area contributed by atoms with Crippen LogP contribution in [0.4, 0.5) is 10.2 Å². The molecule has 0 saturated carbocycles. The van der Waals surface area contributed by atoms with Gasteiger partial charge in [-0.25, -0.2) is 9.49 Å². The highest BCUT2D eigenvalue weighted by atomic mass is 79.9. The summed E-state index contributed by atoms with van der Waals surface area (Å²) in [4.78, 5) is 23.5. The predicted molar refractivity (Wildman–Crippen MR) is 95.9 cm³/mol. The molecule has 0 saturated heterocycles. The van der Waals surface area contributed by atoms with Crippen LogP contribution in [-0.4, -0.2) is 25.9 Å². The fraction of sp³-hybridized carbons (Fsp3) is 0.176. The fourth-order valence-corrected chi connectivity index (χ4v) is 3.59. The Morgan fingerprint density at radius 1 is 1.27 bits per heavy atom. The second-order valence-corrected chi connectivity index (χ2v) is 6.93. The first-order valence-corrected chi connectivity index (χ1v) is 8.64. The number of hydrogen-bond acceptors (Lipinski definition) is 4. The molecule has 0 spiro atoms. The van der Waals surface area contributed by atoms with Gasteiger partial charge >= 0.3 is 0 Å². The number of aromatic nitrogens is 4. The second kappa shape index (κ2) is 6.17. The highest BCUT2D eigenvalue weighted by Gasteiger charge is 2.34. The van der Waals surface area contributed by atoms with E-state index in [1.165, 1.54) is 22.9 Å². The Hall–Kier alpha value is -2.81. The Balaban J connectivity index is 1.91. The zero-order chi connectivity index (χ0) is 18.4. The molecule has 9 heteroatoms. The molecule has 1 aliphatic rings. The van der Waals surface area contributed by atoms with Crippen molar-refractivity contribution in [2.45, 2.75) is 19.3 Å². The van der Waals surface area contributed by atoms with Crippen LogP contribution in [0.1, 0.15) is 29.2 Å². The maximum Gasteiger partial charge on any atom is 0.264 e. The molecule has 0 bridgehead atoms. The zero-order valence-corrected chi connectivity index (χ0v) is 15.2. The maximum absolute atomic E-state index is 14.4. The summed E-state index contributed by atoms with van der Waals surface area (Å²) in [5.41, 5.74) is 1.46. The standard InChI is InChI=1S/C17H13BrFN5O2/c1-8-16-11(10-6-9(18)2-3-12(10)19)7-15(26)20-17(16)24(23-8)13-4-5-14(25)22-21-13/h2-6,11H,7H2,1H3,(H,20,26)(H,22,25)/t11-/m1/s1. The molecular formula is C17H13BrFN5O2. The summed E-state index contributed by atoms with van der Waals surface area (Å²) in [6.07, 6.45) is 0.117. The summed E-state index contributed by atoms with van der Waals surface area (Å²) >= 11 is 3.35. The van der Waals surface area contributed by atoms with E-state index in [0.717, 1.165) is 10.0 Å². The van der Waals surface area contributed by atoms with Gasteiger partial charge in [0.15, 0.2) is 5.82 Å². The molecule has 0 unspecified atom stereocenters. The number of fused-ring (bicyclic) bond motifs is 1. The van der Waals surface area contributed by atoms with Crippen molar-refractivity contribution in [1.29, 1.82) is 0 Å². The zero-order valence-electron chi connectivity index (χ0n) is 13.6. The molecule has 2 N–H and O–H groups in total. The Labute approximate surface area is 155 Å². The first-order chi connectivity index (χ1) is 12.4. The van der Waals surface area contributed by atoms with Crippen molar-refractivity contribution in [1.82, 2.24) is 20.0 Å². The minimum atomic E-state index is -0.465. The van der Waals surface area contributed by atoms with E-state index in [9.17, 15) is 14.0 Å². The molecule has 0 fully saturated rings. The normalized spacial score (nSPS) is 16.3.